The van der Waals surface area contributed by atoms with E-state index in [1.807, 2.05) is 0 Å². The number of hydrogen-bond donors (Lipinski definition) is 2. The molecule has 1 amide bonds. The molecular weight excluding hydrogens is 301 g/mol. The van der Waals surface area contributed by atoms with E-state index in [0.29, 0.717) is 5.82 Å². The van der Waals surface area contributed by atoms with E-state index in [0.717, 1.165) is 0 Å². The Morgan fingerprint density at radius 1 is 1.56 bits per heavy atom. The van der Waals surface area contributed by atoms with E-state index in [4.69, 9.17) is 0 Å². The Hall–Kier alpha value is -1.69. The molecule has 0 aliphatic carbocycles. The second kappa shape index (κ2) is 5.30. The van der Waals surface area contributed by atoms with E-state index in [2.05, 4.69) is 31.2 Å². The molecule has 4 nitrogen and oxygen atoms in total. The molecule has 0 aliphatic rings. The lowest BCUT2D eigenvalue weighted by Gasteiger charge is -2.12. The molecule has 0 spiro atoms. The number of H-pyrrole nitrogens is 1. The van der Waals surface area contributed by atoms with Crippen molar-refractivity contribution in [3.63, 3.8) is 0 Å². The van der Waals surface area contributed by atoms with Crippen molar-refractivity contribution in [3.05, 3.63) is 52.3 Å². The summed E-state index contributed by atoms with van der Waals surface area (Å²) >= 11 is 3.06. The summed E-state index contributed by atoms with van der Waals surface area (Å²) in [4.78, 5) is 18.9. The average Bonchev–Trinajstić information content (AvgIpc) is 2.86. The first-order valence-corrected chi connectivity index (χ1v) is 6.13. The minimum atomic E-state index is -0.465. The third-order valence-corrected chi connectivity index (χ3v) is 3.28. The summed E-state index contributed by atoms with van der Waals surface area (Å²) < 4.78 is 13.5. The Labute approximate surface area is 112 Å². The Morgan fingerprint density at radius 2 is 2.33 bits per heavy atom. The summed E-state index contributed by atoms with van der Waals surface area (Å²) in [6.45, 7) is 1.80. The van der Waals surface area contributed by atoms with Gasteiger partial charge in [0.2, 0.25) is 0 Å². The van der Waals surface area contributed by atoms with Crippen LogP contribution in [0.3, 0.4) is 0 Å². The lowest BCUT2D eigenvalue weighted by Crippen LogP contribution is -2.27. The van der Waals surface area contributed by atoms with Crippen LogP contribution in [0.25, 0.3) is 0 Å². The molecule has 0 aliphatic heterocycles. The lowest BCUT2D eigenvalue weighted by molar-refractivity contribution is 0.0937. The molecule has 0 bridgehead atoms. The molecule has 1 unspecified atom stereocenters. The van der Waals surface area contributed by atoms with Crippen molar-refractivity contribution >= 4 is 21.8 Å². The first-order chi connectivity index (χ1) is 8.59. The molecule has 2 N–H and O–H groups in total. The number of rotatable bonds is 3. The van der Waals surface area contributed by atoms with Gasteiger partial charge in [-0.3, -0.25) is 4.79 Å². The third-order valence-electron chi connectivity index (χ3n) is 2.47. The number of hydrogen-bond acceptors (Lipinski definition) is 2. The topological polar surface area (TPSA) is 57.8 Å². The first kappa shape index (κ1) is 12.8. The monoisotopic (exact) mass is 311 g/mol. The number of imidazole rings is 1. The summed E-state index contributed by atoms with van der Waals surface area (Å²) in [7, 11) is 0. The average molecular weight is 312 g/mol. The zero-order valence-corrected chi connectivity index (χ0v) is 11.2. The van der Waals surface area contributed by atoms with Gasteiger partial charge < -0.3 is 10.3 Å². The number of aromatic nitrogens is 2. The second-order valence-corrected chi connectivity index (χ2v) is 4.56. The lowest BCUT2D eigenvalue weighted by atomic mass is 10.2. The van der Waals surface area contributed by atoms with Gasteiger partial charge in [-0.2, -0.15) is 0 Å². The van der Waals surface area contributed by atoms with Crippen molar-refractivity contribution in [2.24, 2.45) is 0 Å². The Morgan fingerprint density at radius 3 is 3.00 bits per heavy atom. The number of carbonyl (C=O) groups is 1. The van der Waals surface area contributed by atoms with Gasteiger partial charge in [0, 0.05) is 12.4 Å². The van der Waals surface area contributed by atoms with Crippen molar-refractivity contribution < 1.29 is 9.18 Å². The number of amides is 1. The van der Waals surface area contributed by atoms with Crippen molar-refractivity contribution in [1.82, 2.24) is 15.3 Å². The highest BCUT2D eigenvalue weighted by Gasteiger charge is 2.16. The molecule has 1 aromatic heterocycles. The highest BCUT2D eigenvalue weighted by molar-refractivity contribution is 9.10. The molecular formula is C12H11BrFN3O. The van der Waals surface area contributed by atoms with Gasteiger partial charge >= 0.3 is 0 Å². The highest BCUT2D eigenvalue weighted by atomic mass is 79.9. The number of aromatic amines is 1. The van der Waals surface area contributed by atoms with Gasteiger partial charge in [0.15, 0.2) is 0 Å². The molecule has 1 aromatic carbocycles. The molecule has 18 heavy (non-hydrogen) atoms. The molecule has 1 heterocycles. The normalized spacial score (nSPS) is 12.2. The maximum absolute atomic E-state index is 13.3. The van der Waals surface area contributed by atoms with Crippen molar-refractivity contribution in [2.45, 2.75) is 13.0 Å². The molecule has 0 saturated carbocycles. The second-order valence-electron chi connectivity index (χ2n) is 3.77. The van der Waals surface area contributed by atoms with Crippen LogP contribution in [0.2, 0.25) is 0 Å². The van der Waals surface area contributed by atoms with Crippen LogP contribution in [-0.4, -0.2) is 15.9 Å². The maximum Gasteiger partial charge on any atom is 0.253 e. The summed E-state index contributed by atoms with van der Waals surface area (Å²) in [5.41, 5.74) is 0.258. The predicted octanol–water partition coefficient (Wildman–Crippen LogP) is 2.80. The van der Waals surface area contributed by atoms with Crippen LogP contribution in [0.1, 0.15) is 29.1 Å². The van der Waals surface area contributed by atoms with Crippen LogP contribution in [0.5, 0.6) is 0 Å². The van der Waals surface area contributed by atoms with Crippen LogP contribution in [0.4, 0.5) is 4.39 Å². The highest BCUT2D eigenvalue weighted by Crippen LogP contribution is 2.21. The minimum absolute atomic E-state index is 0.161. The van der Waals surface area contributed by atoms with Gasteiger partial charge in [0.1, 0.15) is 11.6 Å². The molecule has 2 rings (SSSR count). The van der Waals surface area contributed by atoms with Crippen LogP contribution >= 0.6 is 15.9 Å². The van der Waals surface area contributed by atoms with Gasteiger partial charge in [-0.1, -0.05) is 6.07 Å². The Balaban J connectivity index is 2.15. The van der Waals surface area contributed by atoms with Crippen LogP contribution in [0.15, 0.2) is 35.1 Å². The van der Waals surface area contributed by atoms with Crippen LogP contribution in [-0.2, 0) is 0 Å². The van der Waals surface area contributed by atoms with Gasteiger partial charge in [0.05, 0.1) is 16.1 Å². The summed E-state index contributed by atoms with van der Waals surface area (Å²) in [5, 5.41) is 2.74. The minimum Gasteiger partial charge on any atom is -0.347 e. The van der Waals surface area contributed by atoms with E-state index < -0.39 is 5.82 Å². The van der Waals surface area contributed by atoms with Gasteiger partial charge in [-0.05, 0) is 35.0 Å². The number of halogens is 2. The summed E-state index contributed by atoms with van der Waals surface area (Å²) in [5.74, 6) is -0.172. The zero-order chi connectivity index (χ0) is 13.1. The largest absolute Gasteiger partial charge is 0.347 e. The van der Waals surface area contributed by atoms with E-state index in [-0.39, 0.29) is 22.0 Å². The van der Waals surface area contributed by atoms with Gasteiger partial charge in [-0.25, -0.2) is 9.37 Å². The number of benzene rings is 1. The Bertz CT molecular complexity index is 556. The van der Waals surface area contributed by atoms with Crippen molar-refractivity contribution in [1.29, 1.82) is 0 Å². The molecule has 6 heteroatoms. The van der Waals surface area contributed by atoms with Gasteiger partial charge in [-0.15, -0.1) is 0 Å². The van der Waals surface area contributed by atoms with Crippen LogP contribution in [0, 0.1) is 5.82 Å². The van der Waals surface area contributed by atoms with E-state index in [9.17, 15) is 9.18 Å². The number of carbonyl (C=O) groups excluding carboxylic acids is 1. The third kappa shape index (κ3) is 2.59. The SMILES string of the molecule is CC(NC(=O)c1cccc(F)c1Br)c1ncc[nH]1. The molecule has 1 atom stereocenters. The fourth-order valence-corrected chi connectivity index (χ4v) is 1.98. The standard InChI is InChI=1S/C12H11BrFN3O/c1-7(11-15-5-6-16-11)17-12(18)8-3-2-4-9(14)10(8)13/h2-7H,1H3,(H,15,16)(H,17,18). The quantitative estimate of drug-likeness (QED) is 0.915. The first-order valence-electron chi connectivity index (χ1n) is 5.33. The number of nitrogens with zero attached hydrogens (tertiary/aromatic N) is 1. The van der Waals surface area contributed by atoms with Gasteiger partial charge in [0.25, 0.3) is 5.91 Å². The van der Waals surface area contributed by atoms with Crippen LogP contribution < -0.4 is 5.32 Å². The van der Waals surface area contributed by atoms with E-state index in [1.54, 1.807) is 25.4 Å². The van der Waals surface area contributed by atoms with E-state index in [1.165, 1.54) is 12.1 Å². The molecule has 0 saturated heterocycles. The Kier molecular flexibility index (Phi) is 3.76. The smallest absolute Gasteiger partial charge is 0.253 e. The van der Waals surface area contributed by atoms with Crippen molar-refractivity contribution in [3.8, 4) is 0 Å². The van der Waals surface area contributed by atoms with Crippen molar-refractivity contribution in [2.75, 3.05) is 0 Å². The maximum atomic E-state index is 13.3. The fraction of sp³-hybridized carbons (Fsp3) is 0.167. The predicted molar refractivity (Wildman–Crippen MR) is 68.6 cm³/mol. The molecule has 0 fully saturated rings. The van der Waals surface area contributed by atoms with E-state index >= 15 is 0 Å². The summed E-state index contributed by atoms with van der Waals surface area (Å²) in [6.07, 6.45) is 3.28. The summed E-state index contributed by atoms with van der Waals surface area (Å²) in [6, 6.07) is 4.06. The molecule has 94 valence electrons. The molecule has 2 aromatic rings. The molecule has 0 radical (unpaired) electrons. The fourth-order valence-electron chi connectivity index (χ4n) is 1.54. The zero-order valence-electron chi connectivity index (χ0n) is 9.58. The number of nitrogens with one attached hydrogen (secondary N) is 2.